The Bertz CT molecular complexity index is 411. The minimum absolute atomic E-state index is 0.239. The predicted octanol–water partition coefficient (Wildman–Crippen LogP) is 3.85. The fourth-order valence-corrected chi connectivity index (χ4v) is 3.31. The summed E-state index contributed by atoms with van der Waals surface area (Å²) in [6.07, 6.45) is 4.01. The molecule has 0 saturated carbocycles. The summed E-state index contributed by atoms with van der Waals surface area (Å²) in [5.74, 6) is 1.01. The third-order valence-electron chi connectivity index (χ3n) is 4.09. The molecule has 1 aromatic carbocycles. The van der Waals surface area contributed by atoms with Crippen molar-refractivity contribution in [3.05, 3.63) is 29.8 Å². The zero-order chi connectivity index (χ0) is 13.9. The highest BCUT2D eigenvalue weighted by Crippen LogP contribution is 2.39. The van der Waals surface area contributed by atoms with Crippen molar-refractivity contribution in [1.82, 2.24) is 4.90 Å². The maximum absolute atomic E-state index is 5.85. The Morgan fingerprint density at radius 2 is 2.16 bits per heavy atom. The van der Waals surface area contributed by atoms with Gasteiger partial charge in [0.05, 0.1) is 6.10 Å². The van der Waals surface area contributed by atoms with Gasteiger partial charge in [0.1, 0.15) is 5.75 Å². The van der Waals surface area contributed by atoms with E-state index in [0.717, 1.165) is 5.75 Å². The molecule has 0 radical (unpaired) electrons. The smallest absolute Gasteiger partial charge is 0.119 e. The van der Waals surface area contributed by atoms with Crippen molar-refractivity contribution in [1.29, 1.82) is 0 Å². The fraction of sp³-hybridized carbons (Fsp3) is 0.647. The zero-order valence-electron chi connectivity index (χ0n) is 12.8. The van der Waals surface area contributed by atoms with Gasteiger partial charge in [0.2, 0.25) is 0 Å². The molecule has 0 amide bonds. The minimum atomic E-state index is 0.239. The van der Waals surface area contributed by atoms with Gasteiger partial charge in [0.25, 0.3) is 0 Å². The molecular weight excluding hydrogens is 234 g/mol. The van der Waals surface area contributed by atoms with E-state index in [-0.39, 0.29) is 6.10 Å². The van der Waals surface area contributed by atoms with Crippen LogP contribution in [0.15, 0.2) is 24.3 Å². The molecule has 1 aliphatic heterocycles. The Morgan fingerprint density at radius 3 is 2.74 bits per heavy atom. The van der Waals surface area contributed by atoms with Gasteiger partial charge in [-0.25, -0.2) is 0 Å². The van der Waals surface area contributed by atoms with E-state index in [1.165, 1.54) is 37.9 Å². The third kappa shape index (κ3) is 3.30. The van der Waals surface area contributed by atoms with Crippen molar-refractivity contribution >= 4 is 0 Å². The first-order valence-corrected chi connectivity index (χ1v) is 7.51. The van der Waals surface area contributed by atoms with Gasteiger partial charge in [-0.3, -0.25) is 0 Å². The first-order chi connectivity index (χ1) is 9.05. The molecule has 0 bridgehead atoms. The summed E-state index contributed by atoms with van der Waals surface area (Å²) < 4.78 is 5.85. The van der Waals surface area contributed by atoms with E-state index in [9.17, 15) is 0 Å². The Hall–Kier alpha value is -1.02. The summed E-state index contributed by atoms with van der Waals surface area (Å²) >= 11 is 0. The van der Waals surface area contributed by atoms with Crippen molar-refractivity contribution in [3.8, 4) is 5.75 Å². The summed E-state index contributed by atoms with van der Waals surface area (Å²) in [6, 6.07) is 8.75. The summed E-state index contributed by atoms with van der Waals surface area (Å²) in [7, 11) is 2.23. The standard InChI is InChI=1S/C17H27NO/c1-5-9-17(10-11-18(4)13-17)15-7-6-8-16(12-15)19-14(2)3/h6-8,12,14H,5,9-11,13H2,1-4H3. The Morgan fingerprint density at radius 1 is 1.37 bits per heavy atom. The maximum atomic E-state index is 5.85. The van der Waals surface area contributed by atoms with E-state index in [1.807, 2.05) is 0 Å². The molecule has 0 aromatic heterocycles. The van der Waals surface area contributed by atoms with Crippen LogP contribution in [0.1, 0.15) is 45.6 Å². The first kappa shape index (κ1) is 14.4. The summed E-state index contributed by atoms with van der Waals surface area (Å²) in [5, 5.41) is 0. The van der Waals surface area contributed by atoms with Gasteiger partial charge in [-0.05, 0) is 58.0 Å². The molecule has 106 valence electrons. The van der Waals surface area contributed by atoms with Crippen LogP contribution >= 0.6 is 0 Å². The van der Waals surface area contributed by atoms with E-state index < -0.39 is 0 Å². The van der Waals surface area contributed by atoms with Crippen LogP contribution in [0.4, 0.5) is 0 Å². The molecule has 1 aromatic rings. The van der Waals surface area contributed by atoms with E-state index in [1.54, 1.807) is 0 Å². The molecule has 0 N–H and O–H groups in total. The minimum Gasteiger partial charge on any atom is -0.491 e. The quantitative estimate of drug-likeness (QED) is 0.798. The molecule has 1 saturated heterocycles. The van der Waals surface area contributed by atoms with Crippen LogP contribution in [0, 0.1) is 0 Å². The van der Waals surface area contributed by atoms with E-state index >= 15 is 0 Å². The van der Waals surface area contributed by atoms with Crippen LogP contribution in [-0.2, 0) is 5.41 Å². The van der Waals surface area contributed by atoms with Crippen LogP contribution in [0.3, 0.4) is 0 Å². The number of likely N-dealkylation sites (N-methyl/N-ethyl adjacent to an activating group) is 1. The van der Waals surface area contributed by atoms with Crippen LogP contribution in [-0.4, -0.2) is 31.1 Å². The van der Waals surface area contributed by atoms with Crippen molar-refractivity contribution in [2.45, 2.75) is 51.6 Å². The zero-order valence-corrected chi connectivity index (χ0v) is 12.8. The Labute approximate surface area is 117 Å². The van der Waals surface area contributed by atoms with Crippen molar-refractivity contribution < 1.29 is 4.74 Å². The molecule has 1 aliphatic rings. The van der Waals surface area contributed by atoms with Gasteiger partial charge < -0.3 is 9.64 Å². The highest BCUT2D eigenvalue weighted by Gasteiger charge is 2.37. The van der Waals surface area contributed by atoms with Crippen molar-refractivity contribution in [3.63, 3.8) is 0 Å². The molecule has 19 heavy (non-hydrogen) atoms. The topological polar surface area (TPSA) is 12.5 Å². The van der Waals surface area contributed by atoms with Crippen molar-refractivity contribution in [2.24, 2.45) is 0 Å². The molecule has 1 unspecified atom stereocenters. The largest absolute Gasteiger partial charge is 0.491 e. The molecular formula is C17H27NO. The number of ether oxygens (including phenoxy) is 1. The summed E-state index contributed by atoms with van der Waals surface area (Å²) in [6.45, 7) is 8.82. The van der Waals surface area contributed by atoms with Gasteiger partial charge in [0.15, 0.2) is 0 Å². The Balaban J connectivity index is 2.27. The maximum Gasteiger partial charge on any atom is 0.119 e. The Kier molecular flexibility index (Phi) is 4.51. The third-order valence-corrected chi connectivity index (χ3v) is 4.09. The van der Waals surface area contributed by atoms with Crippen LogP contribution < -0.4 is 4.74 Å². The number of likely N-dealkylation sites (tertiary alicyclic amines) is 1. The van der Waals surface area contributed by atoms with Gasteiger partial charge in [0, 0.05) is 12.0 Å². The molecule has 1 fully saturated rings. The number of rotatable bonds is 5. The van der Waals surface area contributed by atoms with Gasteiger partial charge in [-0.2, -0.15) is 0 Å². The highest BCUT2D eigenvalue weighted by molar-refractivity contribution is 5.35. The SMILES string of the molecule is CCCC1(c2cccc(OC(C)C)c2)CCN(C)C1. The molecule has 0 spiro atoms. The van der Waals surface area contributed by atoms with Gasteiger partial charge >= 0.3 is 0 Å². The lowest BCUT2D eigenvalue weighted by molar-refractivity contribution is 0.241. The van der Waals surface area contributed by atoms with Gasteiger partial charge in [-0.15, -0.1) is 0 Å². The lowest BCUT2D eigenvalue weighted by Crippen LogP contribution is -2.29. The van der Waals surface area contributed by atoms with Crippen LogP contribution in [0.5, 0.6) is 5.75 Å². The second kappa shape index (κ2) is 5.96. The molecule has 2 heteroatoms. The second-order valence-corrected chi connectivity index (χ2v) is 6.21. The normalized spacial score (nSPS) is 24.1. The monoisotopic (exact) mass is 261 g/mol. The molecule has 0 aliphatic carbocycles. The number of hydrogen-bond donors (Lipinski definition) is 0. The second-order valence-electron chi connectivity index (χ2n) is 6.21. The number of nitrogens with zero attached hydrogens (tertiary/aromatic N) is 1. The summed E-state index contributed by atoms with van der Waals surface area (Å²) in [5.41, 5.74) is 1.79. The van der Waals surface area contributed by atoms with Crippen molar-refractivity contribution in [2.75, 3.05) is 20.1 Å². The van der Waals surface area contributed by atoms with E-state index in [2.05, 4.69) is 57.0 Å². The lowest BCUT2D eigenvalue weighted by Gasteiger charge is -2.30. The lowest BCUT2D eigenvalue weighted by atomic mass is 9.76. The van der Waals surface area contributed by atoms with Crippen LogP contribution in [0.2, 0.25) is 0 Å². The molecule has 1 atom stereocenters. The average molecular weight is 261 g/mol. The van der Waals surface area contributed by atoms with E-state index in [0.29, 0.717) is 5.41 Å². The molecule has 1 heterocycles. The average Bonchev–Trinajstić information content (AvgIpc) is 2.72. The molecule has 2 nitrogen and oxygen atoms in total. The van der Waals surface area contributed by atoms with Gasteiger partial charge in [-0.1, -0.05) is 25.5 Å². The van der Waals surface area contributed by atoms with Crippen LogP contribution in [0.25, 0.3) is 0 Å². The molecule has 2 rings (SSSR count). The predicted molar refractivity (Wildman–Crippen MR) is 80.9 cm³/mol. The fourth-order valence-electron chi connectivity index (χ4n) is 3.31. The number of benzene rings is 1. The van der Waals surface area contributed by atoms with E-state index in [4.69, 9.17) is 4.74 Å². The first-order valence-electron chi connectivity index (χ1n) is 7.51. The highest BCUT2D eigenvalue weighted by atomic mass is 16.5. The summed E-state index contributed by atoms with van der Waals surface area (Å²) in [4.78, 5) is 2.45. The number of hydrogen-bond acceptors (Lipinski definition) is 2.